The first-order valence-corrected chi connectivity index (χ1v) is 10.8. The summed E-state index contributed by atoms with van der Waals surface area (Å²) in [5.74, 6) is 0.762. The van der Waals surface area contributed by atoms with Crippen molar-refractivity contribution in [1.29, 1.82) is 0 Å². The van der Waals surface area contributed by atoms with Gasteiger partial charge in [-0.15, -0.1) is 0 Å². The highest BCUT2D eigenvalue weighted by Crippen LogP contribution is 2.34. The lowest BCUT2D eigenvalue weighted by Gasteiger charge is -2.16. The number of rotatable bonds is 8. The minimum Gasteiger partial charge on any atom is -0.438 e. The van der Waals surface area contributed by atoms with Crippen molar-refractivity contribution < 1.29 is 17.9 Å². The Hall–Kier alpha value is -2.94. The Bertz CT molecular complexity index is 973. The van der Waals surface area contributed by atoms with Crippen molar-refractivity contribution in [3.05, 3.63) is 53.6 Å². The maximum Gasteiger partial charge on any atom is 0.258 e. The number of anilines is 1. The molecule has 28 heavy (non-hydrogen) atoms. The zero-order valence-electron chi connectivity index (χ0n) is 15.6. The molecule has 0 spiro atoms. The van der Waals surface area contributed by atoms with Crippen LogP contribution in [0.15, 0.2) is 48.0 Å². The number of sulfone groups is 1. The number of nitrogens with one attached hydrogen (secondary N) is 2. The van der Waals surface area contributed by atoms with Gasteiger partial charge in [0, 0.05) is 24.9 Å². The van der Waals surface area contributed by atoms with Crippen LogP contribution in [0.4, 0.5) is 5.95 Å². The standard InChI is InChI=1S/C19H22N4O4S/c1-20-19-21-12-15(18(23-19)27-14-6-4-3-5-7-14)17(24)22-16(13-8-9-13)10-11-28(2,25)26/h3-7,10-13,16H,8-9H2,1-2H3,(H,22,24)(H,20,21,23)/b11-10+. The van der Waals surface area contributed by atoms with Gasteiger partial charge in [0.05, 0.1) is 6.04 Å². The molecule has 1 amide bonds. The molecule has 1 saturated carbocycles. The molecule has 1 heterocycles. The maximum absolute atomic E-state index is 12.8. The average molecular weight is 402 g/mol. The van der Waals surface area contributed by atoms with E-state index < -0.39 is 15.7 Å². The van der Waals surface area contributed by atoms with Crippen LogP contribution in [-0.2, 0) is 9.84 Å². The highest BCUT2D eigenvalue weighted by molar-refractivity contribution is 7.93. The van der Waals surface area contributed by atoms with Crippen LogP contribution >= 0.6 is 0 Å². The quantitative estimate of drug-likeness (QED) is 0.697. The van der Waals surface area contributed by atoms with Crippen molar-refractivity contribution in [2.75, 3.05) is 18.6 Å². The van der Waals surface area contributed by atoms with E-state index >= 15 is 0 Å². The Morgan fingerprint density at radius 1 is 1.29 bits per heavy atom. The van der Waals surface area contributed by atoms with E-state index in [0.29, 0.717) is 11.7 Å². The van der Waals surface area contributed by atoms with Gasteiger partial charge in [-0.1, -0.05) is 24.3 Å². The molecular formula is C19H22N4O4S. The second-order valence-corrected chi connectivity index (χ2v) is 8.50. The zero-order valence-corrected chi connectivity index (χ0v) is 16.4. The van der Waals surface area contributed by atoms with E-state index in [1.807, 2.05) is 18.2 Å². The van der Waals surface area contributed by atoms with Gasteiger partial charge in [-0.3, -0.25) is 4.79 Å². The molecule has 3 rings (SSSR count). The van der Waals surface area contributed by atoms with Crippen LogP contribution in [0.5, 0.6) is 11.6 Å². The summed E-state index contributed by atoms with van der Waals surface area (Å²) in [5.41, 5.74) is 0.168. The Morgan fingerprint density at radius 2 is 2.00 bits per heavy atom. The van der Waals surface area contributed by atoms with E-state index in [4.69, 9.17) is 4.74 Å². The molecule has 1 unspecified atom stereocenters. The third-order valence-corrected chi connectivity index (χ3v) is 4.79. The number of carbonyl (C=O) groups is 1. The number of aromatic nitrogens is 2. The van der Waals surface area contributed by atoms with Crippen molar-refractivity contribution in [3.63, 3.8) is 0 Å². The molecule has 1 aromatic heterocycles. The average Bonchev–Trinajstić information content (AvgIpc) is 3.50. The molecule has 0 bridgehead atoms. The molecule has 148 valence electrons. The summed E-state index contributed by atoms with van der Waals surface area (Å²) in [4.78, 5) is 21.2. The van der Waals surface area contributed by atoms with E-state index in [1.165, 1.54) is 12.3 Å². The molecule has 0 saturated heterocycles. The van der Waals surface area contributed by atoms with E-state index in [2.05, 4.69) is 20.6 Å². The van der Waals surface area contributed by atoms with Crippen LogP contribution in [0, 0.1) is 5.92 Å². The molecule has 8 nitrogen and oxygen atoms in total. The summed E-state index contributed by atoms with van der Waals surface area (Å²) in [6, 6.07) is 8.61. The lowest BCUT2D eigenvalue weighted by atomic mass is 10.1. The third-order valence-electron chi connectivity index (χ3n) is 4.14. The van der Waals surface area contributed by atoms with Gasteiger partial charge in [-0.05, 0) is 30.9 Å². The number of carbonyl (C=O) groups excluding carboxylic acids is 1. The van der Waals surface area contributed by atoms with Crippen LogP contribution in [0.2, 0.25) is 0 Å². The first-order chi connectivity index (χ1) is 13.4. The van der Waals surface area contributed by atoms with E-state index in [-0.39, 0.29) is 23.4 Å². The lowest BCUT2D eigenvalue weighted by Crippen LogP contribution is -2.35. The third kappa shape index (κ3) is 5.53. The number of ether oxygens (including phenoxy) is 1. The van der Waals surface area contributed by atoms with Crippen molar-refractivity contribution in [2.24, 2.45) is 5.92 Å². The fraction of sp³-hybridized carbons (Fsp3) is 0.316. The van der Waals surface area contributed by atoms with Gasteiger partial charge in [-0.2, -0.15) is 4.98 Å². The zero-order chi connectivity index (χ0) is 20.1. The Morgan fingerprint density at radius 3 is 2.61 bits per heavy atom. The number of hydrogen-bond acceptors (Lipinski definition) is 7. The summed E-state index contributed by atoms with van der Waals surface area (Å²) in [6.45, 7) is 0. The number of nitrogens with zero attached hydrogens (tertiary/aromatic N) is 2. The Kier molecular flexibility index (Phi) is 5.93. The molecule has 1 aliphatic rings. The number of amides is 1. The fourth-order valence-corrected chi connectivity index (χ4v) is 3.01. The van der Waals surface area contributed by atoms with Gasteiger partial charge in [-0.25, -0.2) is 13.4 Å². The van der Waals surface area contributed by atoms with Gasteiger partial charge in [0.25, 0.3) is 5.91 Å². The highest BCUT2D eigenvalue weighted by Gasteiger charge is 2.32. The monoisotopic (exact) mass is 402 g/mol. The molecule has 9 heteroatoms. The molecule has 2 N–H and O–H groups in total. The van der Waals surface area contributed by atoms with Gasteiger partial charge >= 0.3 is 0 Å². The van der Waals surface area contributed by atoms with Crippen LogP contribution in [0.25, 0.3) is 0 Å². The fourth-order valence-electron chi connectivity index (χ4n) is 2.56. The summed E-state index contributed by atoms with van der Waals surface area (Å²) in [6.07, 6.45) is 5.89. The molecule has 0 radical (unpaired) electrons. The van der Waals surface area contributed by atoms with Crippen LogP contribution in [0.3, 0.4) is 0 Å². The second kappa shape index (κ2) is 8.39. The molecule has 0 aliphatic heterocycles. The first kappa shape index (κ1) is 19.8. The Labute approximate surface area is 164 Å². The SMILES string of the molecule is CNc1ncc(C(=O)NC(/C=C/S(C)(=O)=O)C2CC2)c(Oc2ccccc2)n1. The van der Waals surface area contributed by atoms with Gasteiger partial charge in [0.2, 0.25) is 11.8 Å². The highest BCUT2D eigenvalue weighted by atomic mass is 32.2. The largest absolute Gasteiger partial charge is 0.438 e. The number of hydrogen-bond donors (Lipinski definition) is 2. The van der Waals surface area contributed by atoms with Crippen LogP contribution in [0.1, 0.15) is 23.2 Å². The maximum atomic E-state index is 12.8. The summed E-state index contributed by atoms with van der Waals surface area (Å²) >= 11 is 0. The minimum atomic E-state index is -3.27. The smallest absolute Gasteiger partial charge is 0.258 e. The van der Waals surface area contributed by atoms with Gasteiger partial charge < -0.3 is 15.4 Å². The first-order valence-electron chi connectivity index (χ1n) is 8.82. The van der Waals surface area contributed by atoms with Crippen LogP contribution in [-0.4, -0.2) is 43.6 Å². The molecule has 1 aromatic carbocycles. The lowest BCUT2D eigenvalue weighted by molar-refractivity contribution is 0.0937. The number of para-hydroxylation sites is 1. The molecule has 1 atom stereocenters. The Balaban J connectivity index is 1.84. The number of benzene rings is 1. The normalized spacial score (nSPS) is 15.2. The minimum absolute atomic E-state index is 0.115. The van der Waals surface area contributed by atoms with E-state index in [1.54, 1.807) is 19.2 Å². The molecule has 2 aromatic rings. The van der Waals surface area contributed by atoms with Crippen molar-refractivity contribution in [2.45, 2.75) is 18.9 Å². The summed E-state index contributed by atoms with van der Waals surface area (Å²) in [5, 5.41) is 6.80. The van der Waals surface area contributed by atoms with Gasteiger partial charge in [0.15, 0.2) is 9.84 Å². The topological polar surface area (TPSA) is 110 Å². The van der Waals surface area contributed by atoms with E-state index in [9.17, 15) is 13.2 Å². The van der Waals surface area contributed by atoms with Crippen molar-refractivity contribution in [3.8, 4) is 11.6 Å². The van der Waals surface area contributed by atoms with Gasteiger partial charge in [0.1, 0.15) is 11.3 Å². The predicted octanol–water partition coefficient (Wildman–Crippen LogP) is 2.38. The predicted molar refractivity (Wildman–Crippen MR) is 106 cm³/mol. The molecule has 1 fully saturated rings. The summed E-state index contributed by atoms with van der Waals surface area (Å²) in [7, 11) is -1.61. The van der Waals surface area contributed by atoms with Crippen molar-refractivity contribution in [1.82, 2.24) is 15.3 Å². The van der Waals surface area contributed by atoms with Crippen molar-refractivity contribution >= 4 is 21.7 Å². The second-order valence-electron chi connectivity index (χ2n) is 6.57. The van der Waals surface area contributed by atoms with Crippen LogP contribution < -0.4 is 15.4 Å². The van der Waals surface area contributed by atoms with E-state index in [0.717, 1.165) is 24.5 Å². The summed E-state index contributed by atoms with van der Waals surface area (Å²) < 4.78 is 28.6. The molecular weight excluding hydrogens is 380 g/mol. The molecule has 1 aliphatic carbocycles.